The molecule has 0 aromatic rings. The van der Waals surface area contributed by atoms with E-state index in [-0.39, 0.29) is 5.78 Å². The molecule has 0 N–H and O–H groups in total. The summed E-state index contributed by atoms with van der Waals surface area (Å²) >= 11 is 0. The van der Waals surface area contributed by atoms with Crippen molar-refractivity contribution in [2.45, 2.75) is 20.3 Å². The van der Waals surface area contributed by atoms with E-state index in [9.17, 15) is 4.79 Å². The molecular weight excluding hydrogens is 164 g/mol. The highest BCUT2D eigenvalue weighted by Gasteiger charge is 2.16. The van der Waals surface area contributed by atoms with Gasteiger partial charge in [-0.05, 0) is 6.08 Å². The van der Waals surface area contributed by atoms with E-state index in [0.29, 0.717) is 24.4 Å². The van der Waals surface area contributed by atoms with Crippen LogP contribution in [0.25, 0.3) is 0 Å². The van der Waals surface area contributed by atoms with Gasteiger partial charge in [-0.15, -0.1) is 0 Å². The number of ketones is 1. The number of allylic oxidation sites excluding steroid dienone is 3. The molecule has 0 bridgehead atoms. The third kappa shape index (κ3) is 2.90. The van der Waals surface area contributed by atoms with E-state index in [1.54, 1.807) is 0 Å². The molecule has 0 saturated heterocycles. The van der Waals surface area contributed by atoms with Gasteiger partial charge in [0, 0.05) is 6.42 Å². The Morgan fingerprint density at radius 1 is 1.31 bits per heavy atom. The van der Waals surface area contributed by atoms with Crippen molar-refractivity contribution >= 4 is 5.78 Å². The van der Waals surface area contributed by atoms with Gasteiger partial charge in [-0.25, -0.2) is 0 Å². The van der Waals surface area contributed by atoms with Crippen LogP contribution in [-0.4, -0.2) is 12.4 Å². The Morgan fingerprint density at radius 3 is 2.31 bits per heavy atom. The van der Waals surface area contributed by atoms with Gasteiger partial charge in [0.25, 0.3) is 0 Å². The smallest absolute Gasteiger partial charge is 0.169 e. The van der Waals surface area contributed by atoms with Crippen molar-refractivity contribution in [3.8, 4) is 0 Å². The predicted octanol–water partition coefficient (Wildman–Crippen LogP) is 2.63. The van der Waals surface area contributed by atoms with Crippen LogP contribution in [0.5, 0.6) is 0 Å². The van der Waals surface area contributed by atoms with Gasteiger partial charge in [-0.2, -0.15) is 0 Å². The lowest BCUT2D eigenvalue weighted by Gasteiger charge is -2.15. The third-order valence-electron chi connectivity index (χ3n) is 1.54. The number of carbonyl (C=O) groups is 1. The maximum Gasteiger partial charge on any atom is 0.169 e. The highest BCUT2D eigenvalue weighted by Crippen LogP contribution is 2.17. The highest BCUT2D eigenvalue weighted by atomic mass is 16.5. The largest absolute Gasteiger partial charge is 0.492 e. The zero-order valence-corrected chi connectivity index (χ0v) is 8.30. The fraction of sp³-hybridized carbons (Fsp3) is 0.364. The first kappa shape index (κ1) is 11.7. The molecule has 0 fully saturated rings. The first-order chi connectivity index (χ1) is 6.29. The summed E-state index contributed by atoms with van der Waals surface area (Å²) < 4.78 is 5.17. The summed E-state index contributed by atoms with van der Waals surface area (Å²) in [6.07, 6.45) is 3.49. The van der Waals surface area contributed by atoms with E-state index < -0.39 is 0 Å². The Kier molecular flexibility index (Phi) is 5.60. The number of hydrogen-bond acceptors (Lipinski definition) is 2. The molecule has 2 nitrogen and oxygen atoms in total. The SMILES string of the molecule is C=CC1=C(C=C)C(=O)CCO1.CC. The van der Waals surface area contributed by atoms with Crippen molar-refractivity contribution in [3.63, 3.8) is 0 Å². The molecule has 13 heavy (non-hydrogen) atoms. The van der Waals surface area contributed by atoms with Crippen LogP contribution in [0.4, 0.5) is 0 Å². The summed E-state index contributed by atoms with van der Waals surface area (Å²) in [6.45, 7) is 11.5. The monoisotopic (exact) mass is 180 g/mol. The van der Waals surface area contributed by atoms with Crippen molar-refractivity contribution in [2.75, 3.05) is 6.61 Å². The summed E-state index contributed by atoms with van der Waals surface area (Å²) in [7, 11) is 0. The van der Waals surface area contributed by atoms with Crippen molar-refractivity contribution in [1.82, 2.24) is 0 Å². The molecule has 0 atom stereocenters. The molecule has 0 aliphatic carbocycles. The van der Waals surface area contributed by atoms with E-state index in [1.807, 2.05) is 13.8 Å². The Labute approximate surface area is 79.6 Å². The van der Waals surface area contributed by atoms with Gasteiger partial charge in [-0.3, -0.25) is 4.79 Å². The maximum absolute atomic E-state index is 11.1. The maximum atomic E-state index is 11.1. The summed E-state index contributed by atoms with van der Waals surface area (Å²) in [5.74, 6) is 0.636. The van der Waals surface area contributed by atoms with E-state index in [4.69, 9.17) is 4.74 Å². The second kappa shape index (κ2) is 6.23. The van der Waals surface area contributed by atoms with E-state index in [2.05, 4.69) is 13.2 Å². The Hall–Kier alpha value is -1.31. The number of ether oxygens (including phenoxy) is 1. The molecule has 0 aromatic heterocycles. The minimum absolute atomic E-state index is 0.0844. The van der Waals surface area contributed by atoms with Gasteiger partial charge in [0.05, 0.1) is 12.2 Å². The lowest BCUT2D eigenvalue weighted by molar-refractivity contribution is -0.117. The van der Waals surface area contributed by atoms with Gasteiger partial charge in [-0.1, -0.05) is 33.1 Å². The zero-order chi connectivity index (χ0) is 10.3. The van der Waals surface area contributed by atoms with E-state index >= 15 is 0 Å². The average molecular weight is 180 g/mol. The molecule has 1 aliphatic heterocycles. The molecular formula is C11H16O2. The van der Waals surface area contributed by atoms with Crippen molar-refractivity contribution in [3.05, 3.63) is 36.6 Å². The zero-order valence-electron chi connectivity index (χ0n) is 8.30. The van der Waals surface area contributed by atoms with Crippen LogP contribution in [0.1, 0.15) is 20.3 Å². The topological polar surface area (TPSA) is 26.3 Å². The van der Waals surface area contributed by atoms with Gasteiger partial charge < -0.3 is 4.74 Å². The Bertz CT molecular complexity index is 236. The van der Waals surface area contributed by atoms with Crippen molar-refractivity contribution in [1.29, 1.82) is 0 Å². The molecule has 0 radical (unpaired) electrons. The van der Waals surface area contributed by atoms with Gasteiger partial charge in [0.15, 0.2) is 5.78 Å². The van der Waals surface area contributed by atoms with E-state index in [1.165, 1.54) is 12.2 Å². The molecule has 0 unspecified atom stereocenters. The second-order valence-electron chi connectivity index (χ2n) is 2.21. The first-order valence-corrected chi connectivity index (χ1v) is 4.44. The summed E-state index contributed by atoms with van der Waals surface area (Å²) in [5.41, 5.74) is 0.547. The van der Waals surface area contributed by atoms with Crippen LogP contribution in [-0.2, 0) is 9.53 Å². The number of rotatable bonds is 2. The van der Waals surface area contributed by atoms with Crippen molar-refractivity contribution < 1.29 is 9.53 Å². The fourth-order valence-corrected chi connectivity index (χ4v) is 0.987. The van der Waals surface area contributed by atoms with Crippen molar-refractivity contribution in [2.24, 2.45) is 0 Å². The van der Waals surface area contributed by atoms with Crippen LogP contribution in [0.3, 0.4) is 0 Å². The molecule has 0 amide bonds. The predicted molar refractivity (Wildman–Crippen MR) is 54.3 cm³/mol. The second-order valence-corrected chi connectivity index (χ2v) is 2.21. The minimum atomic E-state index is 0.0844. The van der Waals surface area contributed by atoms with Crippen LogP contribution < -0.4 is 0 Å². The van der Waals surface area contributed by atoms with Crippen LogP contribution in [0.15, 0.2) is 36.6 Å². The quantitative estimate of drug-likeness (QED) is 0.653. The molecule has 2 heteroatoms. The Balaban J connectivity index is 0.000000671. The van der Waals surface area contributed by atoms with Crippen LogP contribution in [0.2, 0.25) is 0 Å². The summed E-state index contributed by atoms with van der Waals surface area (Å²) in [5, 5.41) is 0. The molecule has 0 aromatic carbocycles. The van der Waals surface area contributed by atoms with Crippen LogP contribution >= 0.6 is 0 Å². The Morgan fingerprint density at radius 2 is 1.92 bits per heavy atom. The van der Waals surface area contributed by atoms with Gasteiger partial charge >= 0.3 is 0 Å². The lowest BCUT2D eigenvalue weighted by atomic mass is 10.1. The number of Topliss-reactive ketones (excluding diaryl/α,β-unsaturated/α-hetero) is 1. The molecule has 1 rings (SSSR count). The van der Waals surface area contributed by atoms with Gasteiger partial charge in [0.1, 0.15) is 5.76 Å². The number of hydrogen-bond donors (Lipinski definition) is 0. The third-order valence-corrected chi connectivity index (χ3v) is 1.54. The molecule has 72 valence electrons. The fourth-order valence-electron chi connectivity index (χ4n) is 0.987. The summed E-state index contributed by atoms with van der Waals surface area (Å²) in [4.78, 5) is 11.1. The van der Waals surface area contributed by atoms with Gasteiger partial charge in [0.2, 0.25) is 0 Å². The first-order valence-electron chi connectivity index (χ1n) is 4.44. The summed E-state index contributed by atoms with van der Waals surface area (Å²) in [6, 6.07) is 0. The molecule has 1 aliphatic rings. The molecule has 1 heterocycles. The highest BCUT2D eigenvalue weighted by molar-refractivity contribution is 5.99. The lowest BCUT2D eigenvalue weighted by Crippen LogP contribution is -2.14. The number of carbonyl (C=O) groups excluding carboxylic acids is 1. The minimum Gasteiger partial charge on any atom is -0.492 e. The molecule has 0 spiro atoms. The van der Waals surface area contributed by atoms with E-state index in [0.717, 1.165) is 0 Å². The molecule has 0 saturated carbocycles. The standard InChI is InChI=1S/C9H10O2.C2H6/c1-3-7-8(10)5-6-11-9(7)4-2;1-2/h3-4H,1-2,5-6H2;1-2H3. The van der Waals surface area contributed by atoms with Crippen LogP contribution in [0, 0.1) is 0 Å². The normalized spacial score (nSPS) is 15.4. The average Bonchev–Trinajstić information content (AvgIpc) is 2.20.